The molecule has 6 nitrogen and oxygen atoms in total. The number of rotatable bonds is 6. The minimum Gasteiger partial charge on any atom is -0.495 e. The number of hydrogen-bond donors (Lipinski definition) is 1. The van der Waals surface area contributed by atoms with Gasteiger partial charge in [0.25, 0.3) is 5.91 Å². The zero-order valence-electron chi connectivity index (χ0n) is 17.6. The van der Waals surface area contributed by atoms with Gasteiger partial charge in [-0.2, -0.15) is 0 Å². The largest absolute Gasteiger partial charge is 0.495 e. The highest BCUT2D eigenvalue weighted by Gasteiger charge is 2.27. The van der Waals surface area contributed by atoms with E-state index >= 15 is 0 Å². The third kappa shape index (κ3) is 4.86. The van der Waals surface area contributed by atoms with Crippen molar-refractivity contribution in [3.8, 4) is 5.75 Å². The monoisotopic (exact) mass is 436 g/mol. The van der Waals surface area contributed by atoms with Gasteiger partial charge in [-0.1, -0.05) is 41.9 Å². The van der Waals surface area contributed by atoms with Gasteiger partial charge in [0.1, 0.15) is 11.6 Å². The maximum atomic E-state index is 12.8. The molecule has 2 aromatic carbocycles. The van der Waals surface area contributed by atoms with Crippen LogP contribution in [0.15, 0.2) is 54.7 Å². The Morgan fingerprint density at radius 2 is 2.00 bits per heavy atom. The van der Waals surface area contributed by atoms with Crippen molar-refractivity contribution in [1.29, 1.82) is 0 Å². The molecular formula is C24H25ClN4O2. The first kappa shape index (κ1) is 21.3. The number of nitrogens with zero attached hydrogens (tertiary/aromatic N) is 3. The maximum Gasteiger partial charge on any atom is 0.259 e. The fourth-order valence-corrected chi connectivity index (χ4v) is 4.09. The highest BCUT2D eigenvalue weighted by molar-refractivity contribution is 6.31. The topological polar surface area (TPSA) is 67.3 Å². The lowest BCUT2D eigenvalue weighted by Gasteiger charge is -2.17. The Labute approximate surface area is 187 Å². The molecule has 0 bridgehead atoms. The van der Waals surface area contributed by atoms with E-state index in [1.165, 1.54) is 0 Å². The van der Waals surface area contributed by atoms with Crippen LogP contribution in [0, 0.1) is 6.92 Å². The van der Waals surface area contributed by atoms with Gasteiger partial charge in [0.15, 0.2) is 0 Å². The number of carbonyl (C=O) groups is 1. The minimum absolute atomic E-state index is 0.243. The molecule has 1 aliphatic heterocycles. The first-order valence-electron chi connectivity index (χ1n) is 10.3. The summed E-state index contributed by atoms with van der Waals surface area (Å²) in [5, 5.41) is 3.68. The first-order valence-corrected chi connectivity index (χ1v) is 10.7. The number of aryl methyl sites for hydroxylation is 1. The zero-order chi connectivity index (χ0) is 21.8. The highest BCUT2D eigenvalue weighted by Crippen LogP contribution is 2.28. The number of methoxy groups -OCH3 is 1. The van der Waals surface area contributed by atoms with E-state index in [9.17, 15) is 4.79 Å². The van der Waals surface area contributed by atoms with E-state index in [0.717, 1.165) is 42.5 Å². The number of amides is 1. The molecule has 2 heterocycles. The summed E-state index contributed by atoms with van der Waals surface area (Å²) < 4.78 is 5.30. The molecule has 0 radical (unpaired) electrons. The SMILES string of the molecule is COc1ccccc1NC(=O)c1cnc(C2CCN(Cc3ccccc3Cl)C2)nc1C. The fourth-order valence-electron chi connectivity index (χ4n) is 3.90. The average Bonchev–Trinajstić information content (AvgIpc) is 3.24. The summed E-state index contributed by atoms with van der Waals surface area (Å²) in [5.74, 6) is 1.39. The van der Waals surface area contributed by atoms with Gasteiger partial charge in [-0.15, -0.1) is 0 Å². The van der Waals surface area contributed by atoms with Crippen molar-refractivity contribution in [3.63, 3.8) is 0 Å². The summed E-state index contributed by atoms with van der Waals surface area (Å²) in [6, 6.07) is 15.2. The number of likely N-dealkylation sites (tertiary alicyclic amines) is 1. The minimum atomic E-state index is -0.250. The van der Waals surface area contributed by atoms with E-state index in [-0.39, 0.29) is 11.8 Å². The van der Waals surface area contributed by atoms with Gasteiger partial charge >= 0.3 is 0 Å². The van der Waals surface area contributed by atoms with Crippen LogP contribution in [-0.2, 0) is 6.54 Å². The van der Waals surface area contributed by atoms with Crippen molar-refractivity contribution in [2.45, 2.75) is 25.8 Å². The zero-order valence-corrected chi connectivity index (χ0v) is 18.4. The van der Waals surface area contributed by atoms with E-state index in [1.807, 2.05) is 37.3 Å². The molecule has 1 saturated heterocycles. The second-order valence-electron chi connectivity index (χ2n) is 7.69. The van der Waals surface area contributed by atoms with E-state index in [4.69, 9.17) is 16.3 Å². The van der Waals surface area contributed by atoms with Crippen molar-refractivity contribution in [2.75, 3.05) is 25.5 Å². The summed E-state index contributed by atoms with van der Waals surface area (Å²) in [4.78, 5) is 24.3. The molecule has 0 spiro atoms. The molecule has 3 aromatic rings. The Balaban J connectivity index is 1.43. The molecule has 7 heteroatoms. The van der Waals surface area contributed by atoms with Gasteiger partial charge in [-0.25, -0.2) is 9.97 Å². The fraction of sp³-hybridized carbons (Fsp3) is 0.292. The summed E-state index contributed by atoms with van der Waals surface area (Å²) in [5.41, 5.74) is 2.87. The molecule has 1 N–H and O–H groups in total. The third-order valence-electron chi connectivity index (χ3n) is 5.59. The molecule has 1 amide bonds. The van der Waals surface area contributed by atoms with Crippen LogP contribution in [0.4, 0.5) is 5.69 Å². The van der Waals surface area contributed by atoms with Crippen molar-refractivity contribution in [3.05, 3.63) is 82.4 Å². The van der Waals surface area contributed by atoms with Gasteiger partial charge in [0.05, 0.1) is 24.1 Å². The van der Waals surface area contributed by atoms with Crippen LogP contribution in [0.2, 0.25) is 5.02 Å². The molecule has 160 valence electrons. The summed E-state index contributed by atoms with van der Waals surface area (Å²) in [6.45, 7) is 4.50. The molecule has 1 aromatic heterocycles. The average molecular weight is 437 g/mol. The summed E-state index contributed by atoms with van der Waals surface area (Å²) in [7, 11) is 1.57. The number of anilines is 1. The van der Waals surface area contributed by atoms with Crippen LogP contribution in [0.5, 0.6) is 5.75 Å². The van der Waals surface area contributed by atoms with Gasteiger partial charge in [-0.3, -0.25) is 9.69 Å². The highest BCUT2D eigenvalue weighted by atomic mass is 35.5. The normalized spacial score (nSPS) is 16.3. The lowest BCUT2D eigenvalue weighted by molar-refractivity contribution is 0.102. The Bertz CT molecular complexity index is 1090. The number of nitrogens with one attached hydrogen (secondary N) is 1. The van der Waals surface area contributed by atoms with Gasteiger partial charge < -0.3 is 10.1 Å². The van der Waals surface area contributed by atoms with Crippen molar-refractivity contribution in [1.82, 2.24) is 14.9 Å². The Hall–Kier alpha value is -2.96. The van der Waals surface area contributed by atoms with Crippen LogP contribution >= 0.6 is 11.6 Å². The smallest absolute Gasteiger partial charge is 0.259 e. The molecule has 1 fully saturated rings. The summed E-state index contributed by atoms with van der Waals surface area (Å²) in [6.07, 6.45) is 2.61. The third-order valence-corrected chi connectivity index (χ3v) is 5.96. The quantitative estimate of drug-likeness (QED) is 0.607. The van der Waals surface area contributed by atoms with Crippen LogP contribution in [0.25, 0.3) is 0 Å². The lowest BCUT2D eigenvalue weighted by Crippen LogP contribution is -2.21. The van der Waals surface area contributed by atoms with E-state index in [2.05, 4.69) is 26.3 Å². The number of hydrogen-bond acceptors (Lipinski definition) is 5. The Morgan fingerprint density at radius 1 is 1.23 bits per heavy atom. The van der Waals surface area contributed by atoms with E-state index in [0.29, 0.717) is 22.7 Å². The number of benzene rings is 2. The molecular weight excluding hydrogens is 412 g/mol. The second-order valence-corrected chi connectivity index (χ2v) is 8.10. The van der Waals surface area contributed by atoms with Crippen LogP contribution < -0.4 is 10.1 Å². The molecule has 31 heavy (non-hydrogen) atoms. The lowest BCUT2D eigenvalue weighted by atomic mass is 10.1. The molecule has 1 aliphatic rings. The predicted molar refractivity (Wildman–Crippen MR) is 122 cm³/mol. The Kier molecular flexibility index (Phi) is 6.49. The molecule has 4 rings (SSSR count). The maximum absolute atomic E-state index is 12.8. The second kappa shape index (κ2) is 9.45. The number of carbonyl (C=O) groups excluding carboxylic acids is 1. The molecule has 1 unspecified atom stereocenters. The van der Waals surface area contributed by atoms with E-state index < -0.39 is 0 Å². The van der Waals surface area contributed by atoms with Gasteiger partial charge in [0.2, 0.25) is 0 Å². The summed E-state index contributed by atoms with van der Waals surface area (Å²) >= 11 is 6.30. The molecule has 0 saturated carbocycles. The molecule has 0 aliphatic carbocycles. The first-order chi connectivity index (χ1) is 15.0. The van der Waals surface area contributed by atoms with E-state index in [1.54, 1.807) is 25.4 Å². The van der Waals surface area contributed by atoms with Crippen molar-refractivity contribution >= 4 is 23.2 Å². The van der Waals surface area contributed by atoms with Crippen LogP contribution in [0.1, 0.15) is 39.8 Å². The molecule has 1 atom stereocenters. The number of para-hydroxylation sites is 2. The number of halogens is 1. The standard InChI is InChI=1S/C24H25ClN4O2/c1-16-19(24(30)28-21-9-5-6-10-22(21)31-2)13-26-23(27-16)18-11-12-29(15-18)14-17-7-3-4-8-20(17)25/h3-10,13,18H,11-12,14-15H2,1-2H3,(H,28,30). The Morgan fingerprint density at radius 3 is 2.77 bits per heavy atom. The van der Waals surface area contributed by atoms with Crippen LogP contribution in [-0.4, -0.2) is 41.0 Å². The predicted octanol–water partition coefficient (Wildman–Crippen LogP) is 4.69. The van der Waals surface area contributed by atoms with Crippen LogP contribution in [0.3, 0.4) is 0 Å². The number of ether oxygens (including phenoxy) is 1. The number of aromatic nitrogens is 2. The van der Waals surface area contributed by atoms with Crippen molar-refractivity contribution < 1.29 is 9.53 Å². The van der Waals surface area contributed by atoms with Gasteiger partial charge in [0, 0.05) is 30.2 Å². The van der Waals surface area contributed by atoms with Crippen molar-refractivity contribution in [2.24, 2.45) is 0 Å². The van der Waals surface area contributed by atoms with Gasteiger partial charge in [-0.05, 0) is 43.7 Å².